The molecule has 1 aromatic rings. The maximum atomic E-state index is 12.9. The Morgan fingerprint density at radius 3 is 2.04 bits per heavy atom. The van der Waals surface area contributed by atoms with Gasteiger partial charge in [0.25, 0.3) is 0 Å². The second-order valence-electron chi connectivity index (χ2n) is 5.50. The van der Waals surface area contributed by atoms with Crippen LogP contribution in [0.25, 0.3) is 0 Å². The van der Waals surface area contributed by atoms with E-state index in [4.69, 9.17) is 9.47 Å². The van der Waals surface area contributed by atoms with Crippen LogP contribution in [-0.2, 0) is 29.3 Å². The summed E-state index contributed by atoms with van der Waals surface area (Å²) in [5, 5.41) is 21.9. The summed E-state index contributed by atoms with van der Waals surface area (Å²) in [6.07, 6.45) is 0. The molecule has 0 bridgehead atoms. The van der Waals surface area contributed by atoms with Crippen molar-refractivity contribution >= 4 is 23.5 Å². The van der Waals surface area contributed by atoms with Gasteiger partial charge in [0, 0.05) is 5.69 Å². The summed E-state index contributed by atoms with van der Waals surface area (Å²) in [4.78, 5) is 37.8. The number of para-hydroxylation sites is 1. The summed E-state index contributed by atoms with van der Waals surface area (Å²) in [5.41, 5.74) is -1.52. The normalized spacial score (nSPS) is 16.2. The van der Waals surface area contributed by atoms with Gasteiger partial charge in [-0.2, -0.15) is 10.5 Å². The third-order valence-electron chi connectivity index (χ3n) is 4.21. The first kappa shape index (κ1) is 18.9. The molecular weight excluding hydrogens is 338 g/mol. The molecule has 8 heteroatoms. The molecule has 0 spiro atoms. The van der Waals surface area contributed by atoms with Crippen molar-refractivity contribution in [3.05, 3.63) is 29.8 Å². The minimum Gasteiger partial charge on any atom is -0.465 e. The maximum Gasteiger partial charge on any atom is 0.324 e. The smallest absolute Gasteiger partial charge is 0.324 e. The van der Waals surface area contributed by atoms with Crippen molar-refractivity contribution in [2.75, 3.05) is 18.5 Å². The molecule has 2 rings (SSSR count). The van der Waals surface area contributed by atoms with Gasteiger partial charge in [0.2, 0.25) is 5.91 Å². The van der Waals surface area contributed by atoms with Crippen LogP contribution in [0.5, 0.6) is 0 Å². The molecule has 134 valence electrons. The van der Waals surface area contributed by atoms with E-state index in [1.807, 2.05) is 0 Å². The molecule has 0 aliphatic carbocycles. The summed E-state index contributed by atoms with van der Waals surface area (Å²) in [5.74, 6) is -6.14. The number of nitrogens with zero attached hydrogens (tertiary/aromatic N) is 2. The molecule has 1 aliphatic rings. The zero-order valence-corrected chi connectivity index (χ0v) is 14.3. The highest BCUT2D eigenvalue weighted by molar-refractivity contribution is 6.12. The Hall–Kier alpha value is -3.39. The number of ether oxygens (including phenoxy) is 2. The van der Waals surface area contributed by atoms with E-state index in [9.17, 15) is 24.9 Å². The summed E-state index contributed by atoms with van der Waals surface area (Å²) in [6.45, 7) is 3.06. The first-order chi connectivity index (χ1) is 12.5. The first-order valence-electron chi connectivity index (χ1n) is 8.02. The second-order valence-corrected chi connectivity index (χ2v) is 5.50. The molecule has 0 saturated carbocycles. The molecule has 1 heterocycles. The van der Waals surface area contributed by atoms with Crippen molar-refractivity contribution in [1.82, 2.24) is 0 Å². The lowest BCUT2D eigenvalue weighted by Crippen LogP contribution is -2.53. The van der Waals surface area contributed by atoms with Gasteiger partial charge in [-0.25, -0.2) is 0 Å². The van der Waals surface area contributed by atoms with Crippen LogP contribution < -0.4 is 5.32 Å². The van der Waals surface area contributed by atoms with Crippen LogP contribution in [0.15, 0.2) is 24.3 Å². The second kappa shape index (κ2) is 7.66. The Morgan fingerprint density at radius 2 is 1.58 bits per heavy atom. The molecule has 2 atom stereocenters. The van der Waals surface area contributed by atoms with Crippen LogP contribution in [-0.4, -0.2) is 31.1 Å². The SMILES string of the molecule is CCOC(=O)[C@@H](C#N)C1([C@H](C#N)C(=O)OCC)C(=O)Nc2ccccc21. The van der Waals surface area contributed by atoms with Gasteiger partial charge >= 0.3 is 11.9 Å². The predicted octanol–water partition coefficient (Wildman–Crippen LogP) is 1.28. The molecule has 8 nitrogen and oxygen atoms in total. The molecular formula is C18H17N3O5. The number of hydrogen-bond acceptors (Lipinski definition) is 7. The molecule has 0 unspecified atom stereocenters. The average molecular weight is 355 g/mol. The zero-order valence-electron chi connectivity index (χ0n) is 14.3. The molecule has 0 fully saturated rings. The number of nitriles is 2. The number of fused-ring (bicyclic) bond motifs is 1. The van der Waals surface area contributed by atoms with Crippen LogP contribution in [0, 0.1) is 34.5 Å². The molecule has 0 aromatic heterocycles. The Bertz CT molecular complexity index is 785. The Morgan fingerprint density at radius 1 is 1.08 bits per heavy atom. The monoisotopic (exact) mass is 355 g/mol. The lowest BCUT2D eigenvalue weighted by Gasteiger charge is -2.33. The number of benzene rings is 1. The highest BCUT2D eigenvalue weighted by Crippen LogP contribution is 2.48. The number of esters is 2. The molecule has 1 aromatic carbocycles. The summed E-state index contributed by atoms with van der Waals surface area (Å²) in [7, 11) is 0. The van der Waals surface area contributed by atoms with Gasteiger partial charge < -0.3 is 14.8 Å². The first-order valence-corrected chi connectivity index (χ1v) is 8.02. The lowest BCUT2D eigenvalue weighted by molar-refractivity contribution is -0.156. The van der Waals surface area contributed by atoms with Crippen LogP contribution in [0.3, 0.4) is 0 Å². The summed E-state index contributed by atoms with van der Waals surface area (Å²) >= 11 is 0. The fourth-order valence-electron chi connectivity index (χ4n) is 3.17. The molecule has 1 aliphatic heterocycles. The van der Waals surface area contributed by atoms with Crippen molar-refractivity contribution in [2.24, 2.45) is 11.8 Å². The van der Waals surface area contributed by atoms with Gasteiger partial charge in [-0.3, -0.25) is 14.4 Å². The van der Waals surface area contributed by atoms with E-state index in [1.165, 1.54) is 6.07 Å². The van der Waals surface area contributed by atoms with E-state index >= 15 is 0 Å². The topological polar surface area (TPSA) is 129 Å². The highest BCUT2D eigenvalue weighted by atomic mass is 16.5. The maximum absolute atomic E-state index is 12.9. The quantitative estimate of drug-likeness (QED) is 0.761. The average Bonchev–Trinajstić information content (AvgIpc) is 2.90. The van der Waals surface area contributed by atoms with Gasteiger partial charge in [0.1, 0.15) is 5.41 Å². The van der Waals surface area contributed by atoms with Gasteiger partial charge in [0.15, 0.2) is 11.8 Å². The van der Waals surface area contributed by atoms with E-state index in [1.54, 1.807) is 44.2 Å². The Kier molecular flexibility index (Phi) is 5.58. The summed E-state index contributed by atoms with van der Waals surface area (Å²) in [6, 6.07) is 9.82. The van der Waals surface area contributed by atoms with Crippen molar-refractivity contribution in [2.45, 2.75) is 19.3 Å². The predicted molar refractivity (Wildman–Crippen MR) is 88.2 cm³/mol. The van der Waals surface area contributed by atoms with Crippen LogP contribution >= 0.6 is 0 Å². The zero-order chi connectivity index (χ0) is 19.3. The molecule has 1 amide bonds. The fraction of sp³-hybridized carbons (Fsp3) is 0.389. The molecule has 1 N–H and O–H groups in total. The number of carbonyl (C=O) groups excluding carboxylic acids is 3. The van der Waals surface area contributed by atoms with E-state index in [-0.39, 0.29) is 18.8 Å². The Labute approximate surface area is 150 Å². The van der Waals surface area contributed by atoms with Crippen LogP contribution in [0.2, 0.25) is 0 Å². The number of nitrogens with one attached hydrogen (secondary N) is 1. The van der Waals surface area contributed by atoms with Crippen LogP contribution in [0.4, 0.5) is 5.69 Å². The van der Waals surface area contributed by atoms with Crippen molar-refractivity contribution < 1.29 is 23.9 Å². The number of amides is 1. The van der Waals surface area contributed by atoms with E-state index < -0.39 is 35.1 Å². The van der Waals surface area contributed by atoms with E-state index in [0.717, 1.165) is 0 Å². The van der Waals surface area contributed by atoms with E-state index in [0.29, 0.717) is 5.69 Å². The van der Waals surface area contributed by atoms with Gasteiger partial charge in [-0.1, -0.05) is 18.2 Å². The standard InChI is InChI=1S/C18H17N3O5/c1-3-25-15(22)12(9-19)18(13(10-20)16(23)26-4-2)11-7-5-6-8-14(11)21-17(18)24/h5-8,12-13H,3-4H2,1-2H3,(H,21,24)/t12-,13-/m1/s1. The third kappa shape index (κ3) is 2.76. The van der Waals surface area contributed by atoms with Gasteiger partial charge in [-0.05, 0) is 25.5 Å². The number of hydrogen-bond donors (Lipinski definition) is 1. The van der Waals surface area contributed by atoms with Crippen LogP contribution in [0.1, 0.15) is 19.4 Å². The van der Waals surface area contributed by atoms with Crippen molar-refractivity contribution in [3.8, 4) is 12.1 Å². The van der Waals surface area contributed by atoms with E-state index in [2.05, 4.69) is 5.32 Å². The number of anilines is 1. The lowest BCUT2D eigenvalue weighted by atomic mass is 9.63. The third-order valence-corrected chi connectivity index (χ3v) is 4.21. The van der Waals surface area contributed by atoms with Crippen molar-refractivity contribution in [3.63, 3.8) is 0 Å². The Balaban J connectivity index is 2.77. The molecule has 0 radical (unpaired) electrons. The molecule has 0 saturated heterocycles. The summed E-state index contributed by atoms with van der Waals surface area (Å²) < 4.78 is 9.85. The molecule has 26 heavy (non-hydrogen) atoms. The van der Waals surface area contributed by atoms with Gasteiger partial charge in [0.05, 0.1) is 25.4 Å². The largest absolute Gasteiger partial charge is 0.465 e. The fourth-order valence-corrected chi connectivity index (χ4v) is 3.17. The number of carbonyl (C=O) groups is 3. The highest BCUT2D eigenvalue weighted by Gasteiger charge is 2.63. The van der Waals surface area contributed by atoms with Crippen molar-refractivity contribution in [1.29, 1.82) is 10.5 Å². The number of rotatable bonds is 6. The minimum absolute atomic E-state index is 0.0208. The minimum atomic E-state index is -2.06. The van der Waals surface area contributed by atoms with Gasteiger partial charge in [-0.15, -0.1) is 0 Å².